The molecule has 2 saturated heterocycles. The van der Waals surface area contributed by atoms with Crippen molar-refractivity contribution in [2.24, 2.45) is 5.92 Å². The predicted molar refractivity (Wildman–Crippen MR) is 81.1 cm³/mol. The first-order chi connectivity index (χ1) is 9.72. The third-order valence-electron chi connectivity index (χ3n) is 4.42. The number of amides is 2. The molecule has 3 atom stereocenters. The number of alkyl halides is 1. The largest absolute Gasteiger partial charge is 0.480 e. The summed E-state index contributed by atoms with van der Waals surface area (Å²) < 4.78 is -0.553. The van der Waals surface area contributed by atoms with Gasteiger partial charge in [-0.1, -0.05) is 15.9 Å². The second kappa shape index (κ2) is 4.87. The van der Waals surface area contributed by atoms with E-state index in [1.165, 1.54) is 16.7 Å². The van der Waals surface area contributed by atoms with Gasteiger partial charge in [-0.2, -0.15) is 0 Å². The minimum atomic E-state index is -0.991. The van der Waals surface area contributed by atoms with Gasteiger partial charge in [-0.05, 0) is 26.7 Å². The first-order valence-electron chi connectivity index (χ1n) is 6.89. The van der Waals surface area contributed by atoms with E-state index in [9.17, 15) is 19.5 Å². The van der Waals surface area contributed by atoms with Crippen molar-refractivity contribution in [2.75, 3.05) is 0 Å². The van der Waals surface area contributed by atoms with E-state index in [2.05, 4.69) is 21.2 Å². The molecule has 0 spiro atoms. The number of β-lactam (4-membered cyclic amide) rings is 1. The zero-order chi connectivity index (χ0) is 15.5. The standard InChI is InChI=1S/C13H17BrN2O4S/c1-13(2)8(12(19)20)16-10(18)7(11(16)21-13)15-9(17)5-3-6(14)4-5/h5-8,11H,3-4H2,1-2H3,(H,15,17)(H,19,20)/t5?,6?,7-,8+,11-/m1/s1. The smallest absolute Gasteiger partial charge is 0.327 e. The van der Waals surface area contributed by atoms with E-state index in [1.807, 2.05) is 13.8 Å². The van der Waals surface area contributed by atoms with Gasteiger partial charge in [0.1, 0.15) is 17.5 Å². The van der Waals surface area contributed by atoms with Crippen LogP contribution in [0.5, 0.6) is 0 Å². The summed E-state index contributed by atoms with van der Waals surface area (Å²) in [6.07, 6.45) is 1.58. The highest BCUT2D eigenvalue weighted by Gasteiger charge is 2.64. The van der Waals surface area contributed by atoms with E-state index in [1.54, 1.807) is 0 Å². The number of hydrogen-bond donors (Lipinski definition) is 2. The topological polar surface area (TPSA) is 86.7 Å². The molecule has 2 aliphatic heterocycles. The molecule has 0 aromatic carbocycles. The number of rotatable bonds is 3. The Morgan fingerprint density at radius 2 is 2.05 bits per heavy atom. The van der Waals surface area contributed by atoms with Gasteiger partial charge in [0.15, 0.2) is 0 Å². The number of thioether (sulfide) groups is 1. The van der Waals surface area contributed by atoms with Crippen LogP contribution in [0.1, 0.15) is 26.7 Å². The Morgan fingerprint density at radius 3 is 2.57 bits per heavy atom. The van der Waals surface area contributed by atoms with E-state index in [0.717, 1.165) is 12.8 Å². The van der Waals surface area contributed by atoms with Crippen LogP contribution < -0.4 is 5.32 Å². The van der Waals surface area contributed by atoms with Crippen LogP contribution in [0.4, 0.5) is 0 Å². The van der Waals surface area contributed by atoms with Gasteiger partial charge >= 0.3 is 5.97 Å². The molecule has 2 N–H and O–H groups in total. The molecule has 0 aromatic heterocycles. The molecule has 0 unspecified atom stereocenters. The highest BCUT2D eigenvalue weighted by Crippen LogP contribution is 2.50. The molecule has 8 heteroatoms. The minimum absolute atomic E-state index is 0.0362. The van der Waals surface area contributed by atoms with Gasteiger partial charge in [-0.15, -0.1) is 11.8 Å². The summed E-state index contributed by atoms with van der Waals surface area (Å²) in [5, 5.41) is 11.8. The Kier molecular flexibility index (Phi) is 3.52. The summed E-state index contributed by atoms with van der Waals surface area (Å²) in [6.45, 7) is 3.64. The van der Waals surface area contributed by atoms with Crippen LogP contribution in [0.2, 0.25) is 0 Å². The fraction of sp³-hybridized carbons (Fsp3) is 0.769. The maximum absolute atomic E-state index is 12.2. The van der Waals surface area contributed by atoms with E-state index in [4.69, 9.17) is 0 Å². The lowest BCUT2D eigenvalue weighted by atomic mass is 9.84. The molecule has 116 valence electrons. The van der Waals surface area contributed by atoms with Crippen molar-refractivity contribution >= 4 is 45.5 Å². The number of nitrogens with one attached hydrogen (secondary N) is 1. The molecule has 0 aromatic rings. The van der Waals surface area contributed by atoms with Gasteiger partial charge in [0.2, 0.25) is 11.8 Å². The van der Waals surface area contributed by atoms with E-state index in [-0.39, 0.29) is 23.1 Å². The number of carboxylic acids is 1. The Balaban J connectivity index is 1.67. The second-order valence-electron chi connectivity index (χ2n) is 6.35. The van der Waals surface area contributed by atoms with Crippen molar-refractivity contribution in [3.05, 3.63) is 0 Å². The number of halogens is 1. The molecular formula is C13H17BrN2O4S. The summed E-state index contributed by atoms with van der Waals surface area (Å²) in [5.41, 5.74) is 0. The lowest BCUT2D eigenvalue weighted by molar-refractivity contribution is -0.161. The van der Waals surface area contributed by atoms with Gasteiger partial charge in [-0.3, -0.25) is 9.59 Å². The normalized spacial score (nSPS) is 40.0. The van der Waals surface area contributed by atoms with Crippen molar-refractivity contribution in [2.45, 2.75) is 53.7 Å². The molecule has 1 saturated carbocycles. The first kappa shape index (κ1) is 15.1. The molecule has 6 nitrogen and oxygen atoms in total. The first-order valence-corrected chi connectivity index (χ1v) is 8.69. The molecule has 3 fully saturated rings. The zero-order valence-electron chi connectivity index (χ0n) is 11.7. The average Bonchev–Trinajstić information content (AvgIpc) is 2.60. The highest BCUT2D eigenvalue weighted by atomic mass is 79.9. The second-order valence-corrected chi connectivity index (χ2v) is 9.42. The number of carbonyl (C=O) groups excluding carboxylic acids is 2. The van der Waals surface area contributed by atoms with Crippen LogP contribution in [0.25, 0.3) is 0 Å². The molecule has 0 radical (unpaired) electrons. The van der Waals surface area contributed by atoms with Crippen molar-refractivity contribution in [3.63, 3.8) is 0 Å². The highest BCUT2D eigenvalue weighted by molar-refractivity contribution is 9.09. The summed E-state index contributed by atoms with van der Waals surface area (Å²) in [7, 11) is 0. The Labute approximate surface area is 135 Å². The summed E-state index contributed by atoms with van der Waals surface area (Å²) in [4.78, 5) is 37.4. The fourth-order valence-corrected chi connectivity index (χ4v) is 5.71. The molecule has 3 aliphatic rings. The zero-order valence-corrected chi connectivity index (χ0v) is 14.1. The van der Waals surface area contributed by atoms with E-state index >= 15 is 0 Å². The molecule has 2 amide bonds. The van der Waals surface area contributed by atoms with Crippen LogP contribution in [0.3, 0.4) is 0 Å². The number of aliphatic carboxylic acids is 1. The SMILES string of the molecule is CC1(C)S[C@@H]2[C@H](NC(=O)C3CC(Br)C3)C(=O)N2[C@H]1C(=O)O. The average molecular weight is 377 g/mol. The summed E-state index contributed by atoms with van der Waals surface area (Å²) in [6, 6.07) is -1.41. The summed E-state index contributed by atoms with van der Waals surface area (Å²) >= 11 is 4.88. The Morgan fingerprint density at radius 1 is 1.43 bits per heavy atom. The number of nitrogens with zero attached hydrogens (tertiary/aromatic N) is 1. The Hall–Kier alpha value is -0.760. The van der Waals surface area contributed by atoms with Crippen molar-refractivity contribution in [1.29, 1.82) is 0 Å². The van der Waals surface area contributed by atoms with Gasteiger partial charge in [0, 0.05) is 15.5 Å². The third kappa shape index (κ3) is 2.27. The third-order valence-corrected chi connectivity index (χ3v) is 6.74. The number of carbonyl (C=O) groups is 3. The predicted octanol–water partition coefficient (Wildman–Crippen LogP) is 0.792. The van der Waals surface area contributed by atoms with Gasteiger partial charge in [0.05, 0.1) is 0 Å². The molecule has 1 aliphatic carbocycles. The Bertz CT molecular complexity index is 520. The van der Waals surface area contributed by atoms with Crippen molar-refractivity contribution < 1.29 is 19.5 Å². The quantitative estimate of drug-likeness (QED) is 0.561. The number of hydrogen-bond acceptors (Lipinski definition) is 4. The number of carboxylic acid groups (broad SMARTS) is 1. The van der Waals surface area contributed by atoms with Gasteiger partial charge in [-0.25, -0.2) is 4.79 Å². The molecule has 2 heterocycles. The van der Waals surface area contributed by atoms with E-state index < -0.39 is 22.8 Å². The van der Waals surface area contributed by atoms with Crippen LogP contribution in [-0.2, 0) is 14.4 Å². The van der Waals surface area contributed by atoms with Crippen LogP contribution in [-0.4, -0.2) is 54.8 Å². The summed E-state index contributed by atoms with van der Waals surface area (Å²) in [5.74, 6) is -1.41. The lowest BCUT2D eigenvalue weighted by Gasteiger charge is -2.44. The van der Waals surface area contributed by atoms with E-state index in [0.29, 0.717) is 4.83 Å². The van der Waals surface area contributed by atoms with Crippen LogP contribution >= 0.6 is 27.7 Å². The molecule has 21 heavy (non-hydrogen) atoms. The van der Waals surface area contributed by atoms with Crippen LogP contribution in [0.15, 0.2) is 0 Å². The van der Waals surface area contributed by atoms with Gasteiger partial charge in [0.25, 0.3) is 0 Å². The van der Waals surface area contributed by atoms with Crippen molar-refractivity contribution in [1.82, 2.24) is 10.2 Å². The maximum atomic E-state index is 12.2. The molecule has 3 rings (SSSR count). The monoisotopic (exact) mass is 376 g/mol. The molecule has 0 bridgehead atoms. The maximum Gasteiger partial charge on any atom is 0.327 e. The van der Waals surface area contributed by atoms with Crippen LogP contribution in [0, 0.1) is 5.92 Å². The number of fused-ring (bicyclic) bond motifs is 1. The molecular weight excluding hydrogens is 360 g/mol. The lowest BCUT2D eigenvalue weighted by Crippen LogP contribution is -2.71. The minimum Gasteiger partial charge on any atom is -0.480 e. The van der Waals surface area contributed by atoms with Gasteiger partial charge < -0.3 is 15.3 Å². The fourth-order valence-electron chi connectivity index (χ4n) is 3.18. The van der Waals surface area contributed by atoms with Crippen molar-refractivity contribution in [3.8, 4) is 0 Å².